The van der Waals surface area contributed by atoms with Gasteiger partial charge in [0.05, 0.1) is 6.10 Å². The Morgan fingerprint density at radius 1 is 1.35 bits per heavy atom. The average Bonchev–Trinajstić information content (AvgIpc) is 2.26. The van der Waals surface area contributed by atoms with Gasteiger partial charge >= 0.3 is 6.61 Å². The van der Waals surface area contributed by atoms with E-state index in [2.05, 4.69) is 10.1 Å². The van der Waals surface area contributed by atoms with Crippen LogP contribution in [0, 0.1) is 11.6 Å². The van der Waals surface area contributed by atoms with Crippen molar-refractivity contribution in [1.29, 1.82) is 0 Å². The fourth-order valence-corrected chi connectivity index (χ4v) is 1.42. The summed E-state index contributed by atoms with van der Waals surface area (Å²) in [7, 11) is 0. The third kappa shape index (κ3) is 4.69. The number of aliphatic hydroxyl groups is 1. The quantitative estimate of drug-likeness (QED) is 0.790. The molecular weight excluding hydrogens is 282 g/mol. The minimum atomic E-state index is -3.22. The molecule has 0 fully saturated rings. The molecule has 0 saturated carbocycles. The number of aliphatic hydroxyl groups excluding tert-OH is 1. The Morgan fingerprint density at radius 3 is 2.35 bits per heavy atom. The van der Waals surface area contributed by atoms with E-state index in [1.54, 1.807) is 0 Å². The van der Waals surface area contributed by atoms with Crippen molar-refractivity contribution in [3.63, 3.8) is 0 Å². The Kier molecular flexibility index (Phi) is 5.75. The van der Waals surface area contributed by atoms with Crippen molar-refractivity contribution in [2.75, 3.05) is 6.54 Å². The van der Waals surface area contributed by atoms with Crippen molar-refractivity contribution in [3.8, 4) is 5.75 Å². The minimum Gasteiger partial charge on any atom is -0.435 e. The summed E-state index contributed by atoms with van der Waals surface area (Å²) in [6, 6.07) is 0.998. The molecule has 1 aromatic carbocycles. The van der Waals surface area contributed by atoms with Crippen molar-refractivity contribution in [2.24, 2.45) is 0 Å². The van der Waals surface area contributed by atoms with Gasteiger partial charge in [-0.1, -0.05) is 0 Å². The van der Waals surface area contributed by atoms with Crippen LogP contribution in [0.15, 0.2) is 12.1 Å². The molecule has 4 nitrogen and oxygen atoms in total. The Bertz CT molecular complexity index is 457. The van der Waals surface area contributed by atoms with Gasteiger partial charge in [0.2, 0.25) is 0 Å². The maximum Gasteiger partial charge on any atom is 0.387 e. The highest BCUT2D eigenvalue weighted by atomic mass is 19.3. The first-order valence-electron chi connectivity index (χ1n) is 5.71. The van der Waals surface area contributed by atoms with Crippen LogP contribution in [0.1, 0.15) is 23.7 Å². The molecule has 112 valence electrons. The molecule has 0 spiro atoms. The molecule has 1 rings (SSSR count). The fraction of sp³-hybridized carbons (Fsp3) is 0.417. The molecule has 0 aliphatic carbocycles. The molecule has 1 aromatic rings. The first kappa shape index (κ1) is 16.2. The number of hydrogen-bond acceptors (Lipinski definition) is 3. The zero-order valence-electron chi connectivity index (χ0n) is 10.5. The van der Waals surface area contributed by atoms with Gasteiger partial charge in [-0.15, -0.1) is 0 Å². The predicted molar refractivity (Wildman–Crippen MR) is 61.6 cm³/mol. The highest BCUT2D eigenvalue weighted by Crippen LogP contribution is 2.22. The Balaban J connectivity index is 2.82. The maximum atomic E-state index is 13.5. The number of benzene rings is 1. The first-order valence-corrected chi connectivity index (χ1v) is 5.71. The summed E-state index contributed by atoms with van der Waals surface area (Å²) in [6.07, 6.45) is -0.464. The van der Waals surface area contributed by atoms with E-state index in [9.17, 15) is 22.4 Å². The molecule has 0 aromatic heterocycles. The van der Waals surface area contributed by atoms with E-state index in [0.29, 0.717) is 12.1 Å². The van der Waals surface area contributed by atoms with Gasteiger partial charge < -0.3 is 15.2 Å². The lowest BCUT2D eigenvalue weighted by molar-refractivity contribution is -0.0501. The largest absolute Gasteiger partial charge is 0.435 e. The minimum absolute atomic E-state index is 0.0185. The predicted octanol–water partition coefficient (Wildman–Crippen LogP) is 2.07. The lowest BCUT2D eigenvalue weighted by Crippen LogP contribution is -2.28. The van der Waals surface area contributed by atoms with Crippen LogP contribution in [0.4, 0.5) is 17.6 Å². The summed E-state index contributed by atoms with van der Waals surface area (Å²) in [6.45, 7) is -1.71. The number of nitrogens with one attached hydrogen (secondary N) is 1. The van der Waals surface area contributed by atoms with E-state index in [1.165, 1.54) is 6.92 Å². The van der Waals surface area contributed by atoms with Crippen molar-refractivity contribution < 1.29 is 32.2 Å². The van der Waals surface area contributed by atoms with Gasteiger partial charge in [-0.25, -0.2) is 8.78 Å². The Labute approximate surface area is 112 Å². The lowest BCUT2D eigenvalue weighted by Gasteiger charge is -2.10. The Hall–Kier alpha value is -1.83. The van der Waals surface area contributed by atoms with Crippen LogP contribution in [0.25, 0.3) is 0 Å². The van der Waals surface area contributed by atoms with Gasteiger partial charge in [0.15, 0.2) is 0 Å². The molecule has 0 bridgehead atoms. The molecule has 20 heavy (non-hydrogen) atoms. The van der Waals surface area contributed by atoms with E-state index < -0.39 is 41.6 Å². The topological polar surface area (TPSA) is 58.6 Å². The highest BCUT2D eigenvalue weighted by Gasteiger charge is 2.20. The van der Waals surface area contributed by atoms with E-state index in [0.717, 1.165) is 0 Å². The third-order valence-electron chi connectivity index (χ3n) is 2.32. The number of carbonyl (C=O) groups excluding carboxylic acids is 1. The molecule has 1 amide bonds. The number of amides is 1. The normalized spacial score (nSPS) is 12.3. The summed E-state index contributed by atoms with van der Waals surface area (Å²) < 4.78 is 54.7. The molecule has 1 unspecified atom stereocenters. The molecule has 0 radical (unpaired) electrons. The number of alkyl halides is 2. The summed E-state index contributed by atoms with van der Waals surface area (Å²) in [5.41, 5.74) is -0.891. The summed E-state index contributed by atoms with van der Waals surface area (Å²) >= 11 is 0. The number of ether oxygens (including phenoxy) is 1. The SMILES string of the molecule is CC(O)CCNC(=O)c1c(F)cc(OC(F)F)cc1F. The molecule has 1 atom stereocenters. The Morgan fingerprint density at radius 2 is 1.90 bits per heavy atom. The molecular formula is C12H13F4NO3. The van der Waals surface area contributed by atoms with E-state index >= 15 is 0 Å². The standard InChI is InChI=1S/C12H13F4NO3/c1-6(18)2-3-17-11(19)10-8(13)4-7(5-9(10)14)20-12(15)16/h4-6,12,18H,2-3H2,1H3,(H,17,19). The van der Waals surface area contributed by atoms with Crippen molar-refractivity contribution >= 4 is 5.91 Å². The number of rotatable bonds is 6. The zero-order valence-corrected chi connectivity index (χ0v) is 10.5. The van der Waals surface area contributed by atoms with Gasteiger partial charge in [-0.2, -0.15) is 8.78 Å². The van der Waals surface area contributed by atoms with Crippen molar-refractivity contribution in [2.45, 2.75) is 26.1 Å². The third-order valence-corrected chi connectivity index (χ3v) is 2.32. The van der Waals surface area contributed by atoms with Crippen LogP contribution >= 0.6 is 0 Å². The summed E-state index contributed by atoms with van der Waals surface area (Å²) in [5.74, 6) is -4.37. The lowest BCUT2D eigenvalue weighted by atomic mass is 10.1. The number of carbonyl (C=O) groups is 1. The molecule has 8 heteroatoms. The van der Waals surface area contributed by atoms with E-state index in [-0.39, 0.29) is 13.0 Å². The van der Waals surface area contributed by atoms with Gasteiger partial charge in [0, 0.05) is 18.7 Å². The summed E-state index contributed by atoms with van der Waals surface area (Å²) in [4.78, 5) is 11.5. The average molecular weight is 295 g/mol. The zero-order chi connectivity index (χ0) is 15.3. The van der Waals surface area contributed by atoms with E-state index in [4.69, 9.17) is 5.11 Å². The van der Waals surface area contributed by atoms with Crippen LogP contribution in [0.5, 0.6) is 5.75 Å². The second-order valence-electron chi connectivity index (χ2n) is 4.03. The van der Waals surface area contributed by atoms with Crippen LogP contribution in [0.3, 0.4) is 0 Å². The van der Waals surface area contributed by atoms with Crippen molar-refractivity contribution in [1.82, 2.24) is 5.32 Å². The fourth-order valence-electron chi connectivity index (χ4n) is 1.42. The van der Waals surface area contributed by atoms with Crippen LogP contribution < -0.4 is 10.1 Å². The van der Waals surface area contributed by atoms with Crippen LogP contribution in [0.2, 0.25) is 0 Å². The molecule has 0 aliphatic heterocycles. The number of hydrogen-bond donors (Lipinski definition) is 2. The molecule has 0 aliphatic rings. The van der Waals surface area contributed by atoms with Crippen LogP contribution in [-0.4, -0.2) is 30.3 Å². The number of halogens is 4. The second-order valence-corrected chi connectivity index (χ2v) is 4.03. The smallest absolute Gasteiger partial charge is 0.387 e. The molecule has 2 N–H and O–H groups in total. The van der Waals surface area contributed by atoms with Gasteiger partial charge in [0.25, 0.3) is 5.91 Å². The van der Waals surface area contributed by atoms with Crippen LogP contribution in [-0.2, 0) is 0 Å². The molecule has 0 heterocycles. The van der Waals surface area contributed by atoms with Crippen molar-refractivity contribution in [3.05, 3.63) is 29.3 Å². The molecule has 0 saturated heterocycles. The van der Waals surface area contributed by atoms with Gasteiger partial charge in [-0.05, 0) is 13.3 Å². The van der Waals surface area contributed by atoms with Gasteiger partial charge in [-0.3, -0.25) is 4.79 Å². The highest BCUT2D eigenvalue weighted by molar-refractivity contribution is 5.94. The van der Waals surface area contributed by atoms with E-state index in [1.807, 2.05) is 0 Å². The summed E-state index contributed by atoms with van der Waals surface area (Å²) in [5, 5.41) is 11.2. The maximum absolute atomic E-state index is 13.5. The first-order chi connectivity index (χ1) is 9.31. The second kappa shape index (κ2) is 7.09. The van der Waals surface area contributed by atoms with Gasteiger partial charge in [0.1, 0.15) is 22.9 Å². The monoisotopic (exact) mass is 295 g/mol.